The Morgan fingerprint density at radius 2 is 1.96 bits per heavy atom. The van der Waals surface area contributed by atoms with Crippen molar-refractivity contribution >= 4 is 22.7 Å². The van der Waals surface area contributed by atoms with E-state index in [-0.39, 0.29) is 36.9 Å². The third-order valence-electron chi connectivity index (χ3n) is 4.46. The summed E-state index contributed by atoms with van der Waals surface area (Å²) in [5.41, 5.74) is 7.03. The number of nitrogens with one attached hydrogen (secondary N) is 3. The van der Waals surface area contributed by atoms with Gasteiger partial charge in [0.15, 0.2) is 5.69 Å². The third-order valence-corrected chi connectivity index (χ3v) is 4.46. The van der Waals surface area contributed by atoms with Crippen LogP contribution in [0.5, 0.6) is 0 Å². The van der Waals surface area contributed by atoms with Crippen molar-refractivity contribution in [2.75, 3.05) is 6.54 Å². The zero-order valence-corrected chi connectivity index (χ0v) is 13.5. The second kappa shape index (κ2) is 7.44. The number of H-pyrrole nitrogens is 1. The molecule has 128 valence electrons. The van der Waals surface area contributed by atoms with E-state index in [1.165, 1.54) is 0 Å². The minimum absolute atomic E-state index is 0.0392. The number of rotatable bonds is 5. The molecule has 1 aliphatic rings. The molecule has 1 aliphatic carbocycles. The van der Waals surface area contributed by atoms with Crippen LogP contribution in [0.3, 0.4) is 0 Å². The van der Waals surface area contributed by atoms with Crippen LogP contribution in [0.25, 0.3) is 10.9 Å². The Balaban J connectivity index is 1.44. The zero-order valence-electron chi connectivity index (χ0n) is 13.5. The van der Waals surface area contributed by atoms with E-state index in [4.69, 9.17) is 5.73 Å². The number of aromatic nitrogens is 2. The van der Waals surface area contributed by atoms with Gasteiger partial charge < -0.3 is 16.4 Å². The summed E-state index contributed by atoms with van der Waals surface area (Å²) >= 11 is 0. The number of fused-ring (bicyclic) bond motifs is 1. The molecule has 0 spiro atoms. The van der Waals surface area contributed by atoms with Gasteiger partial charge in [0.2, 0.25) is 5.91 Å². The molecule has 0 atom stereocenters. The lowest BCUT2D eigenvalue weighted by molar-refractivity contribution is -0.121. The second-order valence-corrected chi connectivity index (χ2v) is 6.30. The van der Waals surface area contributed by atoms with Gasteiger partial charge in [-0.15, -0.1) is 0 Å². The summed E-state index contributed by atoms with van der Waals surface area (Å²) in [6.07, 6.45) is 4.02. The fraction of sp³-hybridized carbons (Fsp3) is 0.471. The van der Waals surface area contributed by atoms with Crippen molar-refractivity contribution in [2.45, 2.75) is 44.2 Å². The van der Waals surface area contributed by atoms with Gasteiger partial charge in [-0.05, 0) is 31.7 Å². The number of para-hydroxylation sites is 1. The van der Waals surface area contributed by atoms with Crippen LogP contribution in [0.2, 0.25) is 0 Å². The molecular weight excluding hydrogens is 306 g/mol. The van der Waals surface area contributed by atoms with Gasteiger partial charge in [0.1, 0.15) is 0 Å². The number of nitrogens with zero attached hydrogens (tertiary/aromatic N) is 1. The van der Waals surface area contributed by atoms with Gasteiger partial charge in [-0.25, -0.2) is 0 Å². The molecule has 2 aromatic rings. The molecule has 7 nitrogen and oxygen atoms in total. The zero-order chi connectivity index (χ0) is 16.9. The largest absolute Gasteiger partial charge is 0.353 e. The Morgan fingerprint density at radius 3 is 2.75 bits per heavy atom. The first-order valence-corrected chi connectivity index (χ1v) is 8.39. The molecule has 0 saturated heterocycles. The smallest absolute Gasteiger partial charge is 0.272 e. The van der Waals surface area contributed by atoms with Crippen molar-refractivity contribution in [1.29, 1.82) is 0 Å². The predicted octanol–water partition coefficient (Wildman–Crippen LogP) is 1.07. The SMILES string of the molecule is NC1CCC(NC(=O)CCNC(=O)c2n[nH]c3ccccc23)CC1. The highest BCUT2D eigenvalue weighted by Crippen LogP contribution is 2.17. The summed E-state index contributed by atoms with van der Waals surface area (Å²) in [5.74, 6) is -0.313. The Morgan fingerprint density at radius 1 is 1.21 bits per heavy atom. The lowest BCUT2D eigenvalue weighted by atomic mass is 9.92. The quantitative estimate of drug-likeness (QED) is 0.657. The molecule has 1 saturated carbocycles. The molecule has 3 rings (SSSR count). The van der Waals surface area contributed by atoms with Crippen molar-refractivity contribution in [3.63, 3.8) is 0 Å². The molecule has 1 fully saturated rings. The van der Waals surface area contributed by atoms with Crippen molar-refractivity contribution < 1.29 is 9.59 Å². The van der Waals surface area contributed by atoms with Crippen molar-refractivity contribution in [3.05, 3.63) is 30.0 Å². The van der Waals surface area contributed by atoms with E-state index in [9.17, 15) is 9.59 Å². The van der Waals surface area contributed by atoms with Gasteiger partial charge in [0, 0.05) is 30.4 Å². The molecule has 0 unspecified atom stereocenters. The average molecular weight is 329 g/mol. The molecule has 1 aromatic carbocycles. The van der Waals surface area contributed by atoms with Gasteiger partial charge in [-0.3, -0.25) is 14.7 Å². The second-order valence-electron chi connectivity index (χ2n) is 6.30. The van der Waals surface area contributed by atoms with Crippen LogP contribution in [0, 0.1) is 0 Å². The highest BCUT2D eigenvalue weighted by atomic mass is 16.2. The van der Waals surface area contributed by atoms with E-state index in [2.05, 4.69) is 20.8 Å². The van der Waals surface area contributed by atoms with E-state index in [1.54, 1.807) is 0 Å². The van der Waals surface area contributed by atoms with Gasteiger partial charge in [-0.2, -0.15) is 5.10 Å². The minimum atomic E-state index is -0.274. The van der Waals surface area contributed by atoms with Crippen molar-refractivity contribution in [1.82, 2.24) is 20.8 Å². The van der Waals surface area contributed by atoms with Crippen LogP contribution in [0.15, 0.2) is 24.3 Å². The summed E-state index contributed by atoms with van der Waals surface area (Å²) in [7, 11) is 0. The fourth-order valence-electron chi connectivity index (χ4n) is 3.07. The Kier molecular flexibility index (Phi) is 5.10. The van der Waals surface area contributed by atoms with Crippen molar-refractivity contribution in [3.8, 4) is 0 Å². The lowest BCUT2D eigenvalue weighted by Gasteiger charge is -2.26. The van der Waals surface area contributed by atoms with E-state index < -0.39 is 0 Å². The molecule has 0 bridgehead atoms. The monoisotopic (exact) mass is 329 g/mol. The molecule has 2 amide bonds. The number of amides is 2. The van der Waals surface area contributed by atoms with Crippen LogP contribution in [-0.4, -0.2) is 40.6 Å². The standard InChI is InChI=1S/C17H23N5O2/c18-11-5-7-12(8-6-11)20-15(23)9-10-19-17(24)16-13-3-1-2-4-14(13)21-22-16/h1-4,11-12H,5-10,18H2,(H,19,24)(H,20,23)(H,21,22). The molecule has 0 radical (unpaired) electrons. The number of hydrogen-bond acceptors (Lipinski definition) is 4. The first-order valence-electron chi connectivity index (χ1n) is 8.39. The number of benzene rings is 1. The van der Waals surface area contributed by atoms with Gasteiger partial charge >= 0.3 is 0 Å². The molecule has 5 N–H and O–H groups in total. The normalized spacial score (nSPS) is 20.7. The van der Waals surface area contributed by atoms with E-state index in [0.717, 1.165) is 36.6 Å². The molecule has 1 aromatic heterocycles. The van der Waals surface area contributed by atoms with Gasteiger partial charge in [-0.1, -0.05) is 18.2 Å². The highest BCUT2D eigenvalue weighted by Gasteiger charge is 2.20. The predicted molar refractivity (Wildman–Crippen MR) is 91.4 cm³/mol. The molecule has 1 heterocycles. The number of hydrogen-bond donors (Lipinski definition) is 4. The van der Waals surface area contributed by atoms with Gasteiger partial charge in [0.05, 0.1) is 5.52 Å². The average Bonchev–Trinajstić information content (AvgIpc) is 3.01. The summed E-state index contributed by atoms with van der Waals surface area (Å²) in [6.45, 7) is 0.290. The van der Waals surface area contributed by atoms with E-state index in [1.807, 2.05) is 24.3 Å². The molecular formula is C17H23N5O2. The summed E-state index contributed by atoms with van der Waals surface area (Å²) < 4.78 is 0. The lowest BCUT2D eigenvalue weighted by Crippen LogP contribution is -2.41. The molecule has 24 heavy (non-hydrogen) atoms. The number of carbonyl (C=O) groups is 2. The number of carbonyl (C=O) groups excluding carboxylic acids is 2. The molecule has 0 aliphatic heterocycles. The summed E-state index contributed by atoms with van der Waals surface area (Å²) in [6, 6.07) is 7.92. The Hall–Kier alpha value is -2.41. The maximum atomic E-state index is 12.2. The number of aromatic amines is 1. The maximum Gasteiger partial charge on any atom is 0.272 e. The van der Waals surface area contributed by atoms with Gasteiger partial charge in [0.25, 0.3) is 5.91 Å². The minimum Gasteiger partial charge on any atom is -0.353 e. The third kappa shape index (κ3) is 3.91. The van der Waals surface area contributed by atoms with Crippen LogP contribution < -0.4 is 16.4 Å². The fourth-order valence-corrected chi connectivity index (χ4v) is 3.07. The van der Waals surface area contributed by atoms with E-state index in [0.29, 0.717) is 5.69 Å². The maximum absolute atomic E-state index is 12.2. The topological polar surface area (TPSA) is 113 Å². The van der Waals surface area contributed by atoms with Crippen LogP contribution in [0.4, 0.5) is 0 Å². The summed E-state index contributed by atoms with van der Waals surface area (Å²) in [5, 5.41) is 13.4. The van der Waals surface area contributed by atoms with Crippen LogP contribution in [0.1, 0.15) is 42.6 Å². The first-order chi connectivity index (χ1) is 11.6. The molecule has 7 heteroatoms. The number of nitrogens with two attached hydrogens (primary N) is 1. The van der Waals surface area contributed by atoms with Crippen LogP contribution >= 0.6 is 0 Å². The Bertz CT molecular complexity index is 719. The Labute approximate surface area is 140 Å². The van der Waals surface area contributed by atoms with Crippen LogP contribution in [-0.2, 0) is 4.79 Å². The van der Waals surface area contributed by atoms with Crippen molar-refractivity contribution in [2.24, 2.45) is 5.73 Å². The summed E-state index contributed by atoms with van der Waals surface area (Å²) in [4.78, 5) is 24.1. The first kappa shape index (κ1) is 16.4. The van der Waals surface area contributed by atoms with E-state index >= 15 is 0 Å². The highest BCUT2D eigenvalue weighted by molar-refractivity contribution is 6.04.